The molecule has 3 aromatic heterocycles. The van der Waals surface area contributed by atoms with E-state index in [0.717, 1.165) is 44.4 Å². The number of rotatable bonds is 6. The van der Waals surface area contributed by atoms with Crippen molar-refractivity contribution < 1.29 is 13.9 Å². The smallest absolute Gasteiger partial charge is 0.251 e. The molecule has 5 heterocycles. The van der Waals surface area contributed by atoms with E-state index in [1.807, 2.05) is 24.3 Å². The molecule has 0 aliphatic carbocycles. The second-order valence-corrected chi connectivity index (χ2v) is 8.38. The number of hydrogen-bond acceptors (Lipinski definition) is 6. The molecule has 0 saturated carbocycles. The lowest BCUT2D eigenvalue weighted by molar-refractivity contribution is -0.0158. The Morgan fingerprint density at radius 2 is 2.16 bits per heavy atom. The van der Waals surface area contributed by atoms with Gasteiger partial charge in [0.15, 0.2) is 0 Å². The zero-order chi connectivity index (χ0) is 21.4. The topological polar surface area (TPSA) is 83.5 Å². The summed E-state index contributed by atoms with van der Waals surface area (Å²) in [5.74, 6) is 0.269. The Kier molecular flexibility index (Phi) is 5.21. The molecule has 7 nitrogen and oxygen atoms in total. The number of nitrogens with one attached hydrogen (secondary N) is 1. The predicted molar refractivity (Wildman–Crippen MR) is 115 cm³/mol. The Hall–Kier alpha value is -2.81. The summed E-state index contributed by atoms with van der Waals surface area (Å²) in [6, 6.07) is 7.16. The van der Waals surface area contributed by atoms with Crippen LogP contribution in [0.3, 0.4) is 0 Å². The Labute approximate surface area is 178 Å². The second-order valence-electron chi connectivity index (χ2n) is 8.38. The second kappa shape index (κ2) is 8.03. The summed E-state index contributed by atoms with van der Waals surface area (Å²) in [6.45, 7) is 2.69. The highest BCUT2D eigenvalue weighted by atomic mass is 19.1. The molecule has 2 N–H and O–H groups in total. The number of likely N-dealkylation sites (tertiary alicyclic amines) is 1. The van der Waals surface area contributed by atoms with Crippen LogP contribution in [0.5, 0.6) is 0 Å². The maximum absolute atomic E-state index is 14.7. The highest BCUT2D eigenvalue weighted by molar-refractivity contribution is 5.81. The molecule has 0 bridgehead atoms. The average Bonchev–Trinajstić information content (AvgIpc) is 3.38. The van der Waals surface area contributed by atoms with Crippen LogP contribution in [0.15, 0.2) is 52.0 Å². The van der Waals surface area contributed by atoms with Crippen molar-refractivity contribution in [1.82, 2.24) is 19.8 Å². The quantitative estimate of drug-likeness (QED) is 0.631. The molecule has 3 aromatic rings. The van der Waals surface area contributed by atoms with E-state index in [4.69, 9.17) is 4.42 Å². The van der Waals surface area contributed by atoms with Crippen LogP contribution in [0.1, 0.15) is 24.2 Å². The molecule has 0 amide bonds. The van der Waals surface area contributed by atoms with E-state index in [0.29, 0.717) is 17.1 Å². The molecule has 162 valence electrons. The van der Waals surface area contributed by atoms with Gasteiger partial charge in [0.25, 0.3) is 5.56 Å². The number of piperidine rings is 1. The van der Waals surface area contributed by atoms with Crippen molar-refractivity contribution in [2.24, 2.45) is 0 Å². The van der Waals surface area contributed by atoms with Crippen LogP contribution in [-0.4, -0.2) is 51.8 Å². The van der Waals surface area contributed by atoms with Gasteiger partial charge in [0.05, 0.1) is 35.6 Å². The summed E-state index contributed by atoms with van der Waals surface area (Å²) in [5, 5.41) is 14.9. The summed E-state index contributed by atoms with van der Waals surface area (Å²) < 4.78 is 21.4. The first-order valence-corrected chi connectivity index (χ1v) is 10.6. The first-order chi connectivity index (χ1) is 15.0. The Balaban J connectivity index is 1.22. The number of nitrogens with zero attached hydrogens (tertiary/aromatic N) is 3. The van der Waals surface area contributed by atoms with E-state index < -0.39 is 11.4 Å². The van der Waals surface area contributed by atoms with Crippen LogP contribution in [0.25, 0.3) is 17.1 Å². The highest BCUT2D eigenvalue weighted by Gasteiger charge is 2.43. The average molecular weight is 424 g/mol. The number of furan rings is 1. The fourth-order valence-corrected chi connectivity index (χ4v) is 4.77. The van der Waals surface area contributed by atoms with Gasteiger partial charge < -0.3 is 19.4 Å². The summed E-state index contributed by atoms with van der Waals surface area (Å²) in [7, 11) is 0. The SMILES string of the molecule is O=c1ccc2ncc(F)c3c2n1C[C@@]3(O)CN1CCC(NC/C=C/c2ccco2)CC1. The van der Waals surface area contributed by atoms with Crippen molar-refractivity contribution in [3.8, 4) is 0 Å². The number of hydrogen-bond donors (Lipinski definition) is 2. The van der Waals surface area contributed by atoms with Crippen LogP contribution in [0.2, 0.25) is 0 Å². The van der Waals surface area contributed by atoms with Crippen molar-refractivity contribution in [2.75, 3.05) is 26.2 Å². The van der Waals surface area contributed by atoms with Gasteiger partial charge in [0.2, 0.25) is 0 Å². The summed E-state index contributed by atoms with van der Waals surface area (Å²) in [4.78, 5) is 18.5. The number of halogens is 1. The van der Waals surface area contributed by atoms with Crippen LogP contribution in [0, 0.1) is 5.82 Å². The molecular formula is C23H25FN4O3. The van der Waals surface area contributed by atoms with Gasteiger partial charge >= 0.3 is 0 Å². The van der Waals surface area contributed by atoms with Crippen molar-refractivity contribution >= 4 is 17.1 Å². The largest absolute Gasteiger partial charge is 0.465 e. The molecule has 1 atom stereocenters. The van der Waals surface area contributed by atoms with E-state index in [9.17, 15) is 14.3 Å². The predicted octanol–water partition coefficient (Wildman–Crippen LogP) is 2.10. The van der Waals surface area contributed by atoms with Crippen LogP contribution in [0.4, 0.5) is 4.39 Å². The van der Waals surface area contributed by atoms with E-state index in [1.54, 1.807) is 12.3 Å². The fourth-order valence-electron chi connectivity index (χ4n) is 4.77. The normalized spacial score (nSPS) is 22.1. The zero-order valence-electron chi connectivity index (χ0n) is 17.1. The number of β-amino-alcohol motifs (C(OH)–C–C–N with tert-alkyl or cyclic N) is 1. The number of aromatic nitrogens is 2. The van der Waals surface area contributed by atoms with E-state index >= 15 is 0 Å². The standard InChI is InChI=1S/C23H25FN4O3/c24-18-13-26-19-5-6-20(29)28-15-23(30,21(18)22(19)28)14-27-10-7-16(8-11-27)25-9-1-3-17-4-2-12-31-17/h1-6,12-13,16,25,30H,7-11,14-15H2/b3-1+/t23-/m0/s1. The first-order valence-electron chi connectivity index (χ1n) is 10.6. The van der Waals surface area contributed by atoms with Crippen LogP contribution < -0.4 is 10.9 Å². The lowest BCUT2D eigenvalue weighted by Crippen LogP contribution is -2.48. The monoisotopic (exact) mass is 424 g/mol. The minimum Gasteiger partial charge on any atom is -0.465 e. The summed E-state index contributed by atoms with van der Waals surface area (Å²) in [5.41, 5.74) is -0.557. The molecule has 2 aliphatic heterocycles. The molecule has 0 unspecified atom stereocenters. The summed E-state index contributed by atoms with van der Waals surface area (Å²) >= 11 is 0. The molecule has 31 heavy (non-hydrogen) atoms. The van der Waals surface area contributed by atoms with Gasteiger partial charge in [-0.15, -0.1) is 0 Å². The third kappa shape index (κ3) is 3.82. The molecule has 0 spiro atoms. The van der Waals surface area contributed by atoms with Crippen LogP contribution >= 0.6 is 0 Å². The molecule has 1 saturated heterocycles. The molecule has 5 rings (SSSR count). The third-order valence-electron chi connectivity index (χ3n) is 6.26. The van der Waals surface area contributed by atoms with E-state index in [1.165, 1.54) is 10.6 Å². The van der Waals surface area contributed by atoms with Gasteiger partial charge in [-0.3, -0.25) is 14.7 Å². The third-order valence-corrected chi connectivity index (χ3v) is 6.26. The van der Waals surface area contributed by atoms with Gasteiger partial charge in [0.1, 0.15) is 17.2 Å². The maximum Gasteiger partial charge on any atom is 0.251 e. The zero-order valence-corrected chi connectivity index (χ0v) is 17.1. The van der Waals surface area contributed by atoms with Crippen LogP contribution in [-0.2, 0) is 12.1 Å². The highest BCUT2D eigenvalue weighted by Crippen LogP contribution is 2.37. The van der Waals surface area contributed by atoms with Crippen molar-refractivity contribution in [2.45, 2.75) is 31.0 Å². The molecule has 8 heteroatoms. The summed E-state index contributed by atoms with van der Waals surface area (Å²) in [6.07, 6.45) is 8.64. The molecule has 1 fully saturated rings. The van der Waals surface area contributed by atoms with Crippen molar-refractivity contribution in [3.63, 3.8) is 0 Å². The molecular weight excluding hydrogens is 399 g/mol. The van der Waals surface area contributed by atoms with Gasteiger partial charge in [-0.2, -0.15) is 0 Å². The number of aliphatic hydroxyl groups is 1. The van der Waals surface area contributed by atoms with E-state index in [2.05, 4.69) is 15.2 Å². The fraction of sp³-hybridized carbons (Fsp3) is 0.391. The first kappa shape index (κ1) is 20.1. The van der Waals surface area contributed by atoms with Gasteiger partial charge in [-0.05, 0) is 50.2 Å². The van der Waals surface area contributed by atoms with E-state index in [-0.39, 0.29) is 24.2 Å². The van der Waals surface area contributed by atoms with Gasteiger partial charge in [-0.25, -0.2) is 4.39 Å². The van der Waals surface area contributed by atoms with Gasteiger partial charge in [0, 0.05) is 25.2 Å². The lowest BCUT2D eigenvalue weighted by atomic mass is 9.93. The Morgan fingerprint density at radius 3 is 2.94 bits per heavy atom. The maximum atomic E-state index is 14.7. The van der Waals surface area contributed by atoms with Crippen molar-refractivity contribution in [3.05, 3.63) is 70.3 Å². The van der Waals surface area contributed by atoms with Gasteiger partial charge in [-0.1, -0.05) is 6.08 Å². The molecule has 0 aromatic carbocycles. The molecule has 2 aliphatic rings. The van der Waals surface area contributed by atoms with Crippen molar-refractivity contribution in [1.29, 1.82) is 0 Å². The molecule has 0 radical (unpaired) electrons. The minimum absolute atomic E-state index is 0.0525. The minimum atomic E-state index is -1.44. The number of pyridine rings is 2. The Morgan fingerprint density at radius 1 is 1.32 bits per heavy atom. The lowest BCUT2D eigenvalue weighted by Gasteiger charge is -2.37. The Bertz CT molecular complexity index is 1170.